The summed E-state index contributed by atoms with van der Waals surface area (Å²) in [5.41, 5.74) is 1.64. The monoisotopic (exact) mass is 366 g/mol. The molecule has 2 aromatic rings. The Kier molecular flexibility index (Phi) is 5.01. The topological polar surface area (TPSA) is 71.3 Å². The Balaban J connectivity index is 1.19. The number of carbonyl (C=O) groups is 2. The minimum atomic E-state index is -0.0218. The van der Waals surface area contributed by atoms with E-state index in [1.54, 1.807) is 0 Å². The molecule has 0 radical (unpaired) electrons. The van der Waals surface area contributed by atoms with Crippen molar-refractivity contribution in [1.29, 1.82) is 0 Å². The van der Waals surface area contributed by atoms with Gasteiger partial charge in [-0.3, -0.25) is 9.59 Å². The average Bonchev–Trinajstić information content (AvgIpc) is 3.58. The Hall–Kier alpha value is -2.56. The van der Waals surface area contributed by atoms with Crippen LogP contribution in [0.1, 0.15) is 66.0 Å². The van der Waals surface area contributed by atoms with Crippen LogP contribution >= 0.6 is 0 Å². The van der Waals surface area contributed by atoms with Crippen LogP contribution in [-0.4, -0.2) is 17.9 Å². The first-order valence-corrected chi connectivity index (χ1v) is 9.83. The van der Waals surface area contributed by atoms with Crippen LogP contribution < -0.4 is 10.6 Å². The van der Waals surface area contributed by atoms with Crippen LogP contribution in [0, 0.1) is 5.92 Å². The number of aryl methyl sites for hydroxylation is 1. The van der Waals surface area contributed by atoms with E-state index in [4.69, 9.17) is 4.42 Å². The molecule has 1 aromatic heterocycles. The molecule has 0 unspecified atom stereocenters. The molecule has 0 spiro atoms. The first kappa shape index (κ1) is 17.8. The second kappa shape index (κ2) is 7.59. The number of nitrogens with one attached hydrogen (secondary N) is 2. The minimum Gasteiger partial charge on any atom is -0.466 e. The number of carbonyl (C=O) groups excluding carboxylic acids is 2. The maximum absolute atomic E-state index is 12.1. The molecule has 2 saturated carbocycles. The van der Waals surface area contributed by atoms with E-state index in [-0.39, 0.29) is 11.8 Å². The van der Waals surface area contributed by atoms with Gasteiger partial charge in [0.05, 0.1) is 0 Å². The second-order valence-corrected chi connectivity index (χ2v) is 7.84. The molecule has 2 amide bonds. The van der Waals surface area contributed by atoms with E-state index in [0.717, 1.165) is 35.8 Å². The zero-order valence-electron chi connectivity index (χ0n) is 15.7. The van der Waals surface area contributed by atoms with Crippen molar-refractivity contribution in [2.45, 2.75) is 57.5 Å². The molecule has 2 atom stereocenters. The predicted octanol–water partition coefficient (Wildman–Crippen LogP) is 3.54. The van der Waals surface area contributed by atoms with Gasteiger partial charge in [0, 0.05) is 36.9 Å². The largest absolute Gasteiger partial charge is 0.466 e. The molecule has 2 aliphatic rings. The van der Waals surface area contributed by atoms with E-state index in [1.165, 1.54) is 6.42 Å². The number of benzene rings is 1. The fraction of sp³-hybridized carbons (Fsp3) is 0.455. The van der Waals surface area contributed by atoms with Gasteiger partial charge in [0.1, 0.15) is 11.5 Å². The van der Waals surface area contributed by atoms with Crippen molar-refractivity contribution < 1.29 is 14.0 Å². The molecule has 0 aliphatic heterocycles. The molecule has 0 saturated heterocycles. The summed E-state index contributed by atoms with van der Waals surface area (Å²) in [5, 5.41) is 5.90. The molecule has 1 heterocycles. The summed E-state index contributed by atoms with van der Waals surface area (Å²) in [5.74, 6) is 3.21. The van der Waals surface area contributed by atoms with Gasteiger partial charge in [-0.2, -0.15) is 0 Å². The number of amides is 2. The van der Waals surface area contributed by atoms with Gasteiger partial charge in [-0.05, 0) is 55.0 Å². The maximum Gasteiger partial charge on any atom is 0.251 e. The minimum absolute atomic E-state index is 0.00305. The van der Waals surface area contributed by atoms with Gasteiger partial charge in [0.2, 0.25) is 5.91 Å². The van der Waals surface area contributed by atoms with Crippen molar-refractivity contribution >= 4 is 11.8 Å². The van der Waals surface area contributed by atoms with E-state index in [1.807, 2.05) is 36.4 Å². The van der Waals surface area contributed by atoms with Gasteiger partial charge in [0.15, 0.2) is 0 Å². The lowest BCUT2D eigenvalue weighted by atomic mass is 10.1. The highest BCUT2D eigenvalue weighted by molar-refractivity contribution is 5.94. The standard InChI is InChI=1S/C22H26N2O3/c1-14-12-19(14)20-10-8-18(27-20)9-11-21(25)23-13-15-2-4-16(5-3-15)22(26)24-17-6-7-17/h2-5,8,10,14,17,19H,6-7,9,11-13H2,1H3,(H,23,25)(H,24,26)/t14-,19+/m0/s1. The molecule has 142 valence electrons. The van der Waals surface area contributed by atoms with Crippen molar-refractivity contribution in [3.05, 3.63) is 59.0 Å². The Morgan fingerprint density at radius 3 is 2.52 bits per heavy atom. The molecule has 4 rings (SSSR count). The van der Waals surface area contributed by atoms with E-state index < -0.39 is 0 Å². The number of hydrogen-bond donors (Lipinski definition) is 2. The Morgan fingerprint density at radius 1 is 1.11 bits per heavy atom. The molecule has 5 heteroatoms. The van der Waals surface area contributed by atoms with Gasteiger partial charge in [-0.15, -0.1) is 0 Å². The summed E-state index contributed by atoms with van der Waals surface area (Å²) in [7, 11) is 0. The molecule has 2 N–H and O–H groups in total. The Bertz CT molecular complexity index is 820. The van der Waals surface area contributed by atoms with E-state index >= 15 is 0 Å². The average molecular weight is 366 g/mol. The summed E-state index contributed by atoms with van der Waals surface area (Å²) in [6.45, 7) is 2.69. The second-order valence-electron chi connectivity index (χ2n) is 7.84. The van der Waals surface area contributed by atoms with Gasteiger partial charge in [-0.25, -0.2) is 0 Å². The third kappa shape index (κ3) is 4.79. The van der Waals surface area contributed by atoms with Crippen molar-refractivity contribution in [3.63, 3.8) is 0 Å². The third-order valence-corrected chi connectivity index (χ3v) is 5.37. The summed E-state index contributed by atoms with van der Waals surface area (Å²) < 4.78 is 5.84. The molecule has 1 aromatic carbocycles. The zero-order chi connectivity index (χ0) is 18.8. The van der Waals surface area contributed by atoms with Crippen LogP contribution in [0.4, 0.5) is 0 Å². The number of rotatable bonds is 8. The highest BCUT2D eigenvalue weighted by Gasteiger charge is 2.36. The molecule has 0 bridgehead atoms. The Morgan fingerprint density at radius 2 is 1.85 bits per heavy atom. The van der Waals surface area contributed by atoms with Gasteiger partial charge in [0.25, 0.3) is 5.91 Å². The van der Waals surface area contributed by atoms with E-state index in [9.17, 15) is 9.59 Å². The quantitative estimate of drug-likeness (QED) is 0.751. The van der Waals surface area contributed by atoms with Crippen molar-refractivity contribution in [1.82, 2.24) is 10.6 Å². The molecular weight excluding hydrogens is 340 g/mol. The SMILES string of the molecule is C[C@H]1C[C@H]1c1ccc(CCC(=O)NCc2ccc(C(=O)NC3CC3)cc2)o1. The smallest absolute Gasteiger partial charge is 0.251 e. The maximum atomic E-state index is 12.1. The first-order valence-electron chi connectivity index (χ1n) is 9.83. The first-order chi connectivity index (χ1) is 13.1. The molecular formula is C22H26N2O3. The van der Waals surface area contributed by atoms with Crippen molar-refractivity contribution in [2.24, 2.45) is 5.92 Å². The van der Waals surface area contributed by atoms with Gasteiger partial charge >= 0.3 is 0 Å². The van der Waals surface area contributed by atoms with Crippen LogP contribution in [0.25, 0.3) is 0 Å². The van der Waals surface area contributed by atoms with Gasteiger partial charge < -0.3 is 15.1 Å². The highest BCUT2D eigenvalue weighted by Crippen LogP contribution is 2.47. The molecule has 2 fully saturated rings. The lowest BCUT2D eigenvalue weighted by Gasteiger charge is -2.07. The van der Waals surface area contributed by atoms with Crippen LogP contribution in [0.3, 0.4) is 0 Å². The molecule has 5 nitrogen and oxygen atoms in total. The summed E-state index contributed by atoms with van der Waals surface area (Å²) >= 11 is 0. The number of hydrogen-bond acceptors (Lipinski definition) is 3. The Labute approximate surface area is 159 Å². The third-order valence-electron chi connectivity index (χ3n) is 5.37. The normalized spacial score (nSPS) is 20.9. The fourth-order valence-electron chi connectivity index (χ4n) is 3.24. The predicted molar refractivity (Wildman–Crippen MR) is 102 cm³/mol. The van der Waals surface area contributed by atoms with Crippen molar-refractivity contribution in [2.75, 3.05) is 0 Å². The lowest BCUT2D eigenvalue weighted by molar-refractivity contribution is -0.121. The molecule has 2 aliphatic carbocycles. The van der Waals surface area contributed by atoms with Crippen LogP contribution in [-0.2, 0) is 17.8 Å². The fourth-order valence-corrected chi connectivity index (χ4v) is 3.24. The van der Waals surface area contributed by atoms with Gasteiger partial charge in [-0.1, -0.05) is 19.1 Å². The summed E-state index contributed by atoms with van der Waals surface area (Å²) in [6, 6.07) is 11.8. The van der Waals surface area contributed by atoms with Crippen LogP contribution in [0.15, 0.2) is 40.8 Å². The summed E-state index contributed by atoms with van der Waals surface area (Å²) in [6.07, 6.45) is 4.39. The van der Waals surface area contributed by atoms with Crippen molar-refractivity contribution in [3.8, 4) is 0 Å². The van der Waals surface area contributed by atoms with E-state index in [2.05, 4.69) is 17.6 Å². The number of furan rings is 1. The zero-order valence-corrected chi connectivity index (χ0v) is 15.7. The summed E-state index contributed by atoms with van der Waals surface area (Å²) in [4.78, 5) is 24.0. The van der Waals surface area contributed by atoms with Crippen LogP contribution in [0.5, 0.6) is 0 Å². The molecule has 27 heavy (non-hydrogen) atoms. The lowest BCUT2D eigenvalue weighted by Crippen LogP contribution is -2.25. The van der Waals surface area contributed by atoms with Crippen LogP contribution in [0.2, 0.25) is 0 Å². The highest BCUT2D eigenvalue weighted by atomic mass is 16.3. The van der Waals surface area contributed by atoms with E-state index in [0.29, 0.717) is 36.9 Å².